The van der Waals surface area contributed by atoms with Gasteiger partial charge in [0, 0.05) is 44.3 Å². The Bertz CT molecular complexity index is 793. The van der Waals surface area contributed by atoms with E-state index in [9.17, 15) is 0 Å². The largest absolute Gasteiger partial charge is 0.497 e. The number of halogens is 1. The lowest BCUT2D eigenvalue weighted by Gasteiger charge is -2.34. The average Bonchev–Trinajstić information content (AvgIpc) is 2.72. The number of ether oxygens (including phenoxy) is 1. The van der Waals surface area contributed by atoms with Gasteiger partial charge in [0.25, 0.3) is 0 Å². The molecule has 0 amide bonds. The van der Waals surface area contributed by atoms with Crippen LogP contribution in [-0.2, 0) is 22.7 Å². The number of carbonyl (C=O) groups is 2. The summed E-state index contributed by atoms with van der Waals surface area (Å²) in [6, 6.07) is 16.5. The molecule has 1 saturated heterocycles. The first-order valence-corrected chi connectivity index (χ1v) is 9.53. The van der Waals surface area contributed by atoms with Gasteiger partial charge in [0.2, 0.25) is 0 Å². The van der Waals surface area contributed by atoms with Crippen molar-refractivity contribution in [1.29, 1.82) is 0 Å². The van der Waals surface area contributed by atoms with E-state index in [1.165, 1.54) is 11.1 Å². The van der Waals surface area contributed by atoms with Crippen LogP contribution >= 0.6 is 11.6 Å². The minimum absolute atomic E-state index is 0.803. The van der Waals surface area contributed by atoms with Gasteiger partial charge in [-0.05, 0) is 35.4 Å². The molecule has 2 aromatic rings. The first-order chi connectivity index (χ1) is 13.9. The molecule has 1 fully saturated rings. The predicted octanol–water partition coefficient (Wildman–Crippen LogP) is 2.82. The first kappa shape index (κ1) is 22.7. The fourth-order valence-electron chi connectivity index (χ4n) is 2.98. The number of methoxy groups -OCH3 is 1. The summed E-state index contributed by atoms with van der Waals surface area (Å²) >= 11 is 5.94. The number of nitrogens with zero attached hydrogens (tertiary/aromatic N) is 2. The molecule has 0 unspecified atom stereocenters. The topological polar surface area (TPSA) is 90.3 Å². The molecule has 7 nitrogen and oxygen atoms in total. The average molecular weight is 421 g/mol. The number of rotatable bonds is 5. The normalized spacial score (nSPS) is 14.6. The highest BCUT2D eigenvalue weighted by molar-refractivity contribution is 6.30. The van der Waals surface area contributed by atoms with Crippen LogP contribution in [0.25, 0.3) is 0 Å². The lowest BCUT2D eigenvalue weighted by Crippen LogP contribution is -2.45. The molecule has 8 heteroatoms. The van der Waals surface area contributed by atoms with Crippen molar-refractivity contribution in [3.63, 3.8) is 0 Å². The monoisotopic (exact) mass is 420 g/mol. The Morgan fingerprint density at radius 1 is 0.897 bits per heavy atom. The zero-order valence-electron chi connectivity index (χ0n) is 16.3. The van der Waals surface area contributed by atoms with E-state index in [2.05, 4.69) is 40.1 Å². The standard InChI is InChI=1S/C19H23ClN2O.C2H2O4/c1-23-19-4-2-3-17(13-19)15-22-11-9-21(10-12-22)14-16-5-7-18(20)8-6-16;3-1(4)2(5)6/h2-8,13H,9-12,14-15H2,1H3;(H,3,4)(H,5,6). The minimum atomic E-state index is -1.82. The number of carboxylic acids is 2. The Kier molecular flexibility index (Phi) is 8.92. The third-order valence-electron chi connectivity index (χ3n) is 4.51. The maximum atomic E-state index is 9.10. The summed E-state index contributed by atoms with van der Waals surface area (Å²) < 4.78 is 5.30. The molecular formula is C21H25ClN2O5. The molecule has 2 aromatic carbocycles. The van der Waals surface area contributed by atoms with Crippen LogP contribution in [0.5, 0.6) is 5.75 Å². The lowest BCUT2D eigenvalue weighted by molar-refractivity contribution is -0.159. The fraction of sp³-hybridized carbons (Fsp3) is 0.333. The Balaban J connectivity index is 0.000000438. The molecule has 1 aliphatic heterocycles. The zero-order valence-corrected chi connectivity index (χ0v) is 17.0. The SMILES string of the molecule is COc1cccc(CN2CCN(Cc3ccc(Cl)cc3)CC2)c1.O=C(O)C(=O)O. The maximum absolute atomic E-state index is 9.10. The molecule has 1 aliphatic rings. The summed E-state index contributed by atoms with van der Waals surface area (Å²) in [6.45, 7) is 6.41. The van der Waals surface area contributed by atoms with Crippen molar-refractivity contribution in [2.45, 2.75) is 13.1 Å². The lowest BCUT2D eigenvalue weighted by atomic mass is 10.1. The Morgan fingerprint density at radius 3 is 1.90 bits per heavy atom. The van der Waals surface area contributed by atoms with E-state index in [0.29, 0.717) is 0 Å². The number of benzene rings is 2. The molecule has 0 spiro atoms. The minimum Gasteiger partial charge on any atom is -0.497 e. The van der Waals surface area contributed by atoms with Crippen molar-refractivity contribution in [1.82, 2.24) is 9.80 Å². The number of piperazine rings is 1. The summed E-state index contributed by atoms with van der Waals surface area (Å²) in [7, 11) is 1.72. The van der Waals surface area contributed by atoms with Crippen LogP contribution in [0.1, 0.15) is 11.1 Å². The van der Waals surface area contributed by atoms with Crippen molar-refractivity contribution in [2.75, 3.05) is 33.3 Å². The second-order valence-electron chi connectivity index (χ2n) is 6.64. The van der Waals surface area contributed by atoms with Gasteiger partial charge in [0.15, 0.2) is 0 Å². The van der Waals surface area contributed by atoms with E-state index in [4.69, 9.17) is 36.1 Å². The van der Waals surface area contributed by atoms with E-state index in [1.807, 2.05) is 18.2 Å². The van der Waals surface area contributed by atoms with E-state index in [1.54, 1.807) is 7.11 Å². The summed E-state index contributed by atoms with van der Waals surface area (Å²) in [5.41, 5.74) is 2.64. The molecule has 0 atom stereocenters. The molecular weight excluding hydrogens is 396 g/mol. The molecule has 0 saturated carbocycles. The number of carboxylic acid groups (broad SMARTS) is 2. The van der Waals surface area contributed by atoms with Gasteiger partial charge in [0.1, 0.15) is 5.75 Å². The van der Waals surface area contributed by atoms with Gasteiger partial charge in [-0.25, -0.2) is 9.59 Å². The Labute approximate surface area is 175 Å². The molecule has 29 heavy (non-hydrogen) atoms. The second kappa shape index (κ2) is 11.4. The molecule has 0 aliphatic carbocycles. The van der Waals surface area contributed by atoms with Crippen LogP contribution in [0, 0.1) is 0 Å². The Hall–Kier alpha value is -2.61. The number of hydrogen-bond acceptors (Lipinski definition) is 5. The van der Waals surface area contributed by atoms with Crippen LogP contribution in [0.4, 0.5) is 0 Å². The quantitative estimate of drug-likeness (QED) is 0.719. The number of aliphatic carboxylic acids is 2. The van der Waals surface area contributed by atoms with Crippen molar-refractivity contribution in [3.05, 3.63) is 64.7 Å². The third-order valence-corrected chi connectivity index (χ3v) is 4.76. The highest BCUT2D eigenvalue weighted by atomic mass is 35.5. The molecule has 156 valence electrons. The van der Waals surface area contributed by atoms with Gasteiger partial charge in [-0.15, -0.1) is 0 Å². The first-order valence-electron chi connectivity index (χ1n) is 9.15. The highest BCUT2D eigenvalue weighted by Crippen LogP contribution is 2.16. The van der Waals surface area contributed by atoms with Crippen LogP contribution < -0.4 is 4.74 Å². The van der Waals surface area contributed by atoms with E-state index >= 15 is 0 Å². The smallest absolute Gasteiger partial charge is 0.414 e. The molecule has 0 radical (unpaired) electrons. The summed E-state index contributed by atoms with van der Waals surface area (Å²) in [6.07, 6.45) is 0. The molecule has 0 bridgehead atoms. The van der Waals surface area contributed by atoms with Crippen LogP contribution in [0.15, 0.2) is 48.5 Å². The molecule has 0 aromatic heterocycles. The van der Waals surface area contributed by atoms with Gasteiger partial charge < -0.3 is 14.9 Å². The van der Waals surface area contributed by atoms with E-state index in [-0.39, 0.29) is 0 Å². The molecule has 3 rings (SSSR count). The van der Waals surface area contributed by atoms with Crippen LogP contribution in [0.3, 0.4) is 0 Å². The molecule has 1 heterocycles. The van der Waals surface area contributed by atoms with Gasteiger partial charge in [-0.2, -0.15) is 0 Å². The summed E-state index contributed by atoms with van der Waals surface area (Å²) in [4.78, 5) is 23.2. The fourth-order valence-corrected chi connectivity index (χ4v) is 3.11. The van der Waals surface area contributed by atoms with Crippen molar-refractivity contribution in [2.24, 2.45) is 0 Å². The van der Waals surface area contributed by atoms with Crippen molar-refractivity contribution in [3.8, 4) is 5.75 Å². The summed E-state index contributed by atoms with van der Waals surface area (Å²) in [5, 5.41) is 15.6. The summed E-state index contributed by atoms with van der Waals surface area (Å²) in [5.74, 6) is -2.71. The second-order valence-corrected chi connectivity index (χ2v) is 7.08. The van der Waals surface area contributed by atoms with E-state index in [0.717, 1.165) is 50.0 Å². The highest BCUT2D eigenvalue weighted by Gasteiger charge is 2.17. The number of hydrogen-bond donors (Lipinski definition) is 2. The molecule has 2 N–H and O–H groups in total. The van der Waals surface area contributed by atoms with Gasteiger partial charge in [-0.1, -0.05) is 35.9 Å². The maximum Gasteiger partial charge on any atom is 0.414 e. The van der Waals surface area contributed by atoms with Crippen molar-refractivity contribution >= 4 is 23.5 Å². The van der Waals surface area contributed by atoms with E-state index < -0.39 is 11.9 Å². The van der Waals surface area contributed by atoms with Gasteiger partial charge in [-0.3, -0.25) is 9.80 Å². The van der Waals surface area contributed by atoms with Crippen LogP contribution in [0.2, 0.25) is 5.02 Å². The predicted molar refractivity (Wildman–Crippen MR) is 110 cm³/mol. The third kappa shape index (κ3) is 8.11. The van der Waals surface area contributed by atoms with Crippen LogP contribution in [-0.4, -0.2) is 65.2 Å². The van der Waals surface area contributed by atoms with Crippen molar-refractivity contribution < 1.29 is 24.5 Å². The van der Waals surface area contributed by atoms with Gasteiger partial charge >= 0.3 is 11.9 Å². The zero-order chi connectivity index (χ0) is 21.2. The van der Waals surface area contributed by atoms with Gasteiger partial charge in [0.05, 0.1) is 7.11 Å². The Morgan fingerprint density at radius 2 is 1.41 bits per heavy atom.